The smallest absolute Gasteiger partial charge is 0.0930 e. The number of hydrogen-bond donors (Lipinski definition) is 0. The van der Waals surface area contributed by atoms with E-state index in [0.29, 0.717) is 11.8 Å². The molecule has 30 heavy (non-hydrogen) atoms. The number of aromatic nitrogens is 4. The van der Waals surface area contributed by atoms with E-state index >= 15 is 0 Å². The number of pyridine rings is 4. The maximum atomic E-state index is 4.82. The van der Waals surface area contributed by atoms with E-state index in [-0.39, 0.29) is 5.41 Å². The second-order valence-corrected chi connectivity index (χ2v) is 8.27. The Morgan fingerprint density at radius 2 is 1.07 bits per heavy atom. The summed E-state index contributed by atoms with van der Waals surface area (Å²) in [5, 5.41) is 0. The summed E-state index contributed by atoms with van der Waals surface area (Å²) in [6.45, 7) is 0. The van der Waals surface area contributed by atoms with Crippen molar-refractivity contribution in [3.05, 3.63) is 108 Å². The molecule has 1 spiro atoms. The lowest BCUT2D eigenvalue weighted by molar-refractivity contribution is 0.256. The monoisotopic (exact) mass is 390 g/mol. The van der Waals surface area contributed by atoms with Gasteiger partial charge in [-0.15, -0.1) is 0 Å². The van der Waals surface area contributed by atoms with Gasteiger partial charge in [-0.25, -0.2) is 0 Å². The molecule has 1 fully saturated rings. The standard InChI is InChI=1S/C26H22N4/c1-4-20(18-8-14-27-15-9-18)26(21(5-1)19-10-16-28-17-11-19)22-6-2-12-29-24(22)25-23(26)7-3-13-30-25/h2-3,6-17,20-21H,1,4-5H2. The van der Waals surface area contributed by atoms with Crippen LogP contribution in [0.15, 0.2) is 85.7 Å². The second kappa shape index (κ2) is 6.84. The fourth-order valence-corrected chi connectivity index (χ4v) is 6.03. The molecule has 0 aliphatic heterocycles. The third-order valence-electron chi connectivity index (χ3n) is 7.03. The summed E-state index contributed by atoms with van der Waals surface area (Å²) in [6.07, 6.45) is 14.9. The van der Waals surface area contributed by atoms with E-state index in [4.69, 9.17) is 9.97 Å². The SMILES string of the molecule is c1cnc2c(c1)C1(c3cccnc3-2)C(c2ccncc2)CCCC1c1ccncc1. The van der Waals surface area contributed by atoms with E-state index in [1.165, 1.54) is 28.7 Å². The van der Waals surface area contributed by atoms with E-state index in [0.717, 1.165) is 24.2 Å². The molecule has 4 aromatic rings. The van der Waals surface area contributed by atoms with Crippen molar-refractivity contribution in [2.75, 3.05) is 0 Å². The molecule has 0 amide bonds. The lowest BCUT2D eigenvalue weighted by Crippen LogP contribution is -2.42. The lowest BCUT2D eigenvalue weighted by atomic mass is 9.53. The topological polar surface area (TPSA) is 51.6 Å². The normalized spacial score (nSPS) is 21.2. The lowest BCUT2D eigenvalue weighted by Gasteiger charge is -2.49. The van der Waals surface area contributed by atoms with Crippen LogP contribution < -0.4 is 0 Å². The molecular weight excluding hydrogens is 368 g/mol. The molecule has 0 N–H and O–H groups in total. The molecule has 4 heterocycles. The highest BCUT2D eigenvalue weighted by molar-refractivity contribution is 5.77. The van der Waals surface area contributed by atoms with Crippen molar-refractivity contribution >= 4 is 0 Å². The Morgan fingerprint density at radius 3 is 1.53 bits per heavy atom. The predicted molar refractivity (Wildman–Crippen MR) is 116 cm³/mol. The average Bonchev–Trinajstić information content (AvgIpc) is 3.12. The van der Waals surface area contributed by atoms with Gasteiger partial charge in [-0.2, -0.15) is 0 Å². The second-order valence-electron chi connectivity index (χ2n) is 8.27. The highest BCUT2D eigenvalue weighted by atomic mass is 14.8. The summed E-state index contributed by atoms with van der Waals surface area (Å²) in [4.78, 5) is 18.2. The van der Waals surface area contributed by atoms with Gasteiger partial charge in [-0.3, -0.25) is 19.9 Å². The summed E-state index contributed by atoms with van der Waals surface area (Å²) in [7, 11) is 0. The molecule has 2 aliphatic carbocycles. The van der Waals surface area contributed by atoms with Gasteiger partial charge in [-0.1, -0.05) is 18.6 Å². The first kappa shape index (κ1) is 17.5. The molecule has 2 atom stereocenters. The number of fused-ring (bicyclic) bond motifs is 5. The Morgan fingerprint density at radius 1 is 0.600 bits per heavy atom. The summed E-state index contributed by atoms with van der Waals surface area (Å²) < 4.78 is 0. The van der Waals surface area contributed by atoms with Crippen molar-refractivity contribution in [2.24, 2.45) is 0 Å². The van der Waals surface area contributed by atoms with Crippen LogP contribution in [0, 0.1) is 0 Å². The minimum atomic E-state index is -0.200. The summed E-state index contributed by atoms with van der Waals surface area (Å²) >= 11 is 0. The third kappa shape index (κ3) is 2.34. The quantitative estimate of drug-likeness (QED) is 0.467. The van der Waals surface area contributed by atoms with Gasteiger partial charge in [0.15, 0.2) is 0 Å². The van der Waals surface area contributed by atoms with E-state index in [2.05, 4.69) is 58.5 Å². The van der Waals surface area contributed by atoms with E-state index in [1.807, 2.05) is 37.2 Å². The molecule has 4 nitrogen and oxygen atoms in total. The summed E-state index contributed by atoms with van der Waals surface area (Å²) in [5.74, 6) is 0.668. The number of rotatable bonds is 2. The van der Waals surface area contributed by atoms with Gasteiger partial charge in [-0.05, 0) is 83.3 Å². The van der Waals surface area contributed by atoms with Crippen LogP contribution in [0.5, 0.6) is 0 Å². The maximum absolute atomic E-state index is 4.82. The van der Waals surface area contributed by atoms with Gasteiger partial charge in [0.05, 0.1) is 11.4 Å². The Labute approximate surface area is 176 Å². The zero-order valence-corrected chi connectivity index (χ0v) is 16.6. The summed E-state index contributed by atoms with van der Waals surface area (Å²) in [5.41, 5.74) is 7.17. The van der Waals surface area contributed by atoms with E-state index in [1.54, 1.807) is 0 Å². The van der Waals surface area contributed by atoms with Crippen molar-refractivity contribution in [3.63, 3.8) is 0 Å². The Hall–Kier alpha value is -3.40. The van der Waals surface area contributed by atoms with Crippen LogP contribution in [0.4, 0.5) is 0 Å². The molecule has 0 saturated heterocycles. The zero-order chi connectivity index (χ0) is 20.0. The molecule has 146 valence electrons. The van der Waals surface area contributed by atoms with E-state index in [9.17, 15) is 0 Å². The van der Waals surface area contributed by atoms with E-state index < -0.39 is 0 Å². The molecule has 2 unspecified atom stereocenters. The molecule has 0 aromatic carbocycles. The minimum Gasteiger partial charge on any atom is -0.265 e. The van der Waals surface area contributed by atoms with Crippen LogP contribution in [0.3, 0.4) is 0 Å². The van der Waals surface area contributed by atoms with Crippen LogP contribution in [0.25, 0.3) is 11.4 Å². The molecular formula is C26H22N4. The Kier molecular flexibility index (Phi) is 3.98. The van der Waals surface area contributed by atoms with Crippen LogP contribution in [-0.4, -0.2) is 19.9 Å². The van der Waals surface area contributed by atoms with Crippen molar-refractivity contribution in [3.8, 4) is 11.4 Å². The van der Waals surface area contributed by atoms with Gasteiger partial charge in [0, 0.05) is 42.6 Å². The van der Waals surface area contributed by atoms with Crippen molar-refractivity contribution in [1.82, 2.24) is 19.9 Å². The van der Waals surface area contributed by atoms with Crippen LogP contribution >= 0.6 is 0 Å². The fraction of sp³-hybridized carbons (Fsp3) is 0.231. The van der Waals surface area contributed by atoms with Crippen molar-refractivity contribution < 1.29 is 0 Å². The maximum Gasteiger partial charge on any atom is 0.0930 e. The predicted octanol–water partition coefficient (Wildman–Crippen LogP) is 5.28. The fourth-order valence-electron chi connectivity index (χ4n) is 6.03. The van der Waals surface area contributed by atoms with Gasteiger partial charge in [0.1, 0.15) is 0 Å². The third-order valence-corrected chi connectivity index (χ3v) is 7.03. The number of hydrogen-bond acceptors (Lipinski definition) is 4. The van der Waals surface area contributed by atoms with Crippen molar-refractivity contribution in [1.29, 1.82) is 0 Å². The summed E-state index contributed by atoms with van der Waals surface area (Å²) in [6, 6.07) is 17.5. The van der Waals surface area contributed by atoms with Crippen LogP contribution in [-0.2, 0) is 5.41 Å². The molecule has 6 rings (SSSR count). The Bertz CT molecular complexity index is 1090. The Balaban J connectivity index is 1.71. The van der Waals surface area contributed by atoms with Gasteiger partial charge in [0.25, 0.3) is 0 Å². The molecule has 4 heteroatoms. The van der Waals surface area contributed by atoms with Gasteiger partial charge in [0.2, 0.25) is 0 Å². The molecule has 0 radical (unpaired) electrons. The first-order valence-electron chi connectivity index (χ1n) is 10.6. The molecule has 1 saturated carbocycles. The van der Waals surface area contributed by atoms with Gasteiger partial charge >= 0.3 is 0 Å². The zero-order valence-electron chi connectivity index (χ0n) is 16.6. The first-order chi connectivity index (χ1) is 14.9. The highest BCUT2D eigenvalue weighted by Gasteiger charge is 2.56. The molecule has 0 bridgehead atoms. The average molecular weight is 390 g/mol. The number of nitrogens with zero attached hydrogens (tertiary/aromatic N) is 4. The highest BCUT2D eigenvalue weighted by Crippen LogP contribution is 2.64. The largest absolute Gasteiger partial charge is 0.265 e. The molecule has 4 aromatic heterocycles. The molecule has 2 aliphatic rings. The first-order valence-corrected chi connectivity index (χ1v) is 10.6. The van der Waals surface area contributed by atoms with Crippen LogP contribution in [0.2, 0.25) is 0 Å². The van der Waals surface area contributed by atoms with Gasteiger partial charge < -0.3 is 0 Å². The minimum absolute atomic E-state index is 0.200. The van der Waals surface area contributed by atoms with Crippen molar-refractivity contribution in [2.45, 2.75) is 36.5 Å². The van der Waals surface area contributed by atoms with Crippen LogP contribution in [0.1, 0.15) is 53.4 Å².